The van der Waals surface area contributed by atoms with E-state index in [0.717, 1.165) is 11.3 Å². The van der Waals surface area contributed by atoms with Gasteiger partial charge in [0.2, 0.25) is 0 Å². The lowest BCUT2D eigenvalue weighted by molar-refractivity contribution is 0.0697. The Morgan fingerprint density at radius 1 is 1.00 bits per heavy atom. The van der Waals surface area contributed by atoms with Crippen LogP contribution in [0.25, 0.3) is 0 Å². The van der Waals surface area contributed by atoms with Crippen molar-refractivity contribution in [2.24, 2.45) is 0 Å². The van der Waals surface area contributed by atoms with Crippen LogP contribution in [0.4, 0.5) is 0 Å². The maximum absolute atomic E-state index is 10.7. The number of ether oxygens (including phenoxy) is 2. The molecule has 0 heterocycles. The van der Waals surface area contributed by atoms with Gasteiger partial charge in [-0.2, -0.15) is 0 Å². The van der Waals surface area contributed by atoms with E-state index in [1.54, 1.807) is 12.1 Å². The van der Waals surface area contributed by atoms with Gasteiger partial charge in [0.15, 0.2) is 0 Å². The zero-order valence-corrected chi connectivity index (χ0v) is 12.1. The molecule has 4 heteroatoms. The minimum Gasteiger partial charge on any atom is -0.490 e. The van der Waals surface area contributed by atoms with Gasteiger partial charge in [-0.05, 0) is 49.7 Å². The molecular formula is C17H18O4. The Morgan fingerprint density at radius 3 is 2.29 bits per heavy atom. The van der Waals surface area contributed by atoms with Crippen LogP contribution in [0.2, 0.25) is 0 Å². The SMILES string of the molecule is Cc1ccc(OCCOc2ccc(C(=O)O)cc2)c(C)c1. The average molecular weight is 286 g/mol. The quantitative estimate of drug-likeness (QED) is 0.826. The van der Waals surface area contributed by atoms with Gasteiger partial charge in [-0.25, -0.2) is 4.79 Å². The van der Waals surface area contributed by atoms with Gasteiger partial charge in [0.05, 0.1) is 5.56 Å². The van der Waals surface area contributed by atoms with Crippen LogP contribution in [0, 0.1) is 13.8 Å². The van der Waals surface area contributed by atoms with Gasteiger partial charge < -0.3 is 14.6 Å². The fourth-order valence-electron chi connectivity index (χ4n) is 1.97. The number of aromatic carboxylic acids is 1. The van der Waals surface area contributed by atoms with Crippen LogP contribution >= 0.6 is 0 Å². The zero-order chi connectivity index (χ0) is 15.2. The van der Waals surface area contributed by atoms with Crippen LogP contribution in [0.1, 0.15) is 21.5 Å². The normalized spacial score (nSPS) is 10.2. The Kier molecular flexibility index (Phi) is 4.82. The van der Waals surface area contributed by atoms with Gasteiger partial charge >= 0.3 is 5.97 Å². The number of carboxylic acid groups (broad SMARTS) is 1. The van der Waals surface area contributed by atoms with Crippen LogP contribution in [0.3, 0.4) is 0 Å². The number of hydrogen-bond donors (Lipinski definition) is 1. The molecule has 0 saturated heterocycles. The predicted octanol–water partition coefficient (Wildman–Crippen LogP) is 3.46. The van der Waals surface area contributed by atoms with Crippen LogP contribution in [-0.2, 0) is 0 Å². The van der Waals surface area contributed by atoms with E-state index in [0.29, 0.717) is 19.0 Å². The molecule has 2 aromatic rings. The van der Waals surface area contributed by atoms with Crippen LogP contribution in [0.5, 0.6) is 11.5 Å². The molecule has 4 nitrogen and oxygen atoms in total. The van der Waals surface area contributed by atoms with Crippen molar-refractivity contribution in [1.29, 1.82) is 0 Å². The highest BCUT2D eigenvalue weighted by molar-refractivity contribution is 5.87. The molecule has 0 unspecified atom stereocenters. The summed E-state index contributed by atoms with van der Waals surface area (Å²) in [6.07, 6.45) is 0. The second-order valence-corrected chi connectivity index (χ2v) is 4.80. The average Bonchev–Trinajstić information content (AvgIpc) is 2.46. The first kappa shape index (κ1) is 14.9. The maximum Gasteiger partial charge on any atom is 0.335 e. The van der Waals surface area contributed by atoms with E-state index in [1.165, 1.54) is 17.7 Å². The number of carbonyl (C=O) groups is 1. The summed E-state index contributed by atoms with van der Waals surface area (Å²) in [5, 5.41) is 8.80. The maximum atomic E-state index is 10.7. The summed E-state index contributed by atoms with van der Waals surface area (Å²) in [6, 6.07) is 12.3. The van der Waals surface area contributed by atoms with Crippen LogP contribution in [-0.4, -0.2) is 24.3 Å². The van der Waals surface area contributed by atoms with Crippen molar-refractivity contribution in [1.82, 2.24) is 0 Å². The standard InChI is InChI=1S/C17H18O4/c1-12-3-8-16(13(2)11-12)21-10-9-20-15-6-4-14(5-7-15)17(18)19/h3-8,11H,9-10H2,1-2H3,(H,18,19). The second kappa shape index (κ2) is 6.79. The third-order valence-electron chi connectivity index (χ3n) is 3.04. The number of rotatable bonds is 6. The van der Waals surface area contributed by atoms with Crippen molar-refractivity contribution in [3.8, 4) is 11.5 Å². The van der Waals surface area contributed by atoms with E-state index in [-0.39, 0.29) is 5.56 Å². The molecule has 0 spiro atoms. The highest BCUT2D eigenvalue weighted by atomic mass is 16.5. The van der Waals surface area contributed by atoms with Crippen LogP contribution < -0.4 is 9.47 Å². The molecule has 0 fully saturated rings. The number of hydrogen-bond acceptors (Lipinski definition) is 3. The molecule has 0 aliphatic heterocycles. The molecule has 1 N–H and O–H groups in total. The Hall–Kier alpha value is -2.49. The van der Waals surface area contributed by atoms with Gasteiger partial charge in [-0.15, -0.1) is 0 Å². The van der Waals surface area contributed by atoms with E-state index in [4.69, 9.17) is 14.6 Å². The smallest absolute Gasteiger partial charge is 0.335 e. The summed E-state index contributed by atoms with van der Waals surface area (Å²) in [5.74, 6) is 0.536. The van der Waals surface area contributed by atoms with Crippen molar-refractivity contribution >= 4 is 5.97 Å². The largest absolute Gasteiger partial charge is 0.490 e. The predicted molar refractivity (Wildman–Crippen MR) is 80.3 cm³/mol. The molecule has 0 aliphatic rings. The Balaban J connectivity index is 1.80. The number of carboxylic acids is 1. The molecule has 0 amide bonds. The number of aryl methyl sites for hydroxylation is 2. The molecular weight excluding hydrogens is 268 g/mol. The lowest BCUT2D eigenvalue weighted by Crippen LogP contribution is -2.09. The first-order valence-electron chi connectivity index (χ1n) is 6.72. The summed E-state index contributed by atoms with van der Waals surface area (Å²) >= 11 is 0. The van der Waals surface area contributed by atoms with E-state index in [9.17, 15) is 4.79 Å². The van der Waals surface area contributed by atoms with Gasteiger partial charge in [-0.3, -0.25) is 0 Å². The molecule has 2 aromatic carbocycles. The van der Waals surface area contributed by atoms with Crippen LogP contribution in [0.15, 0.2) is 42.5 Å². The van der Waals surface area contributed by atoms with Crippen molar-refractivity contribution < 1.29 is 19.4 Å². The highest BCUT2D eigenvalue weighted by Gasteiger charge is 2.03. The van der Waals surface area contributed by atoms with Gasteiger partial charge in [0.25, 0.3) is 0 Å². The van der Waals surface area contributed by atoms with Gasteiger partial charge in [0, 0.05) is 0 Å². The van der Waals surface area contributed by atoms with Crippen molar-refractivity contribution in [2.45, 2.75) is 13.8 Å². The monoisotopic (exact) mass is 286 g/mol. The summed E-state index contributed by atoms with van der Waals surface area (Å²) in [5.41, 5.74) is 2.55. The highest BCUT2D eigenvalue weighted by Crippen LogP contribution is 2.18. The first-order chi connectivity index (χ1) is 10.1. The summed E-state index contributed by atoms with van der Waals surface area (Å²) < 4.78 is 11.2. The molecule has 0 atom stereocenters. The minimum absolute atomic E-state index is 0.244. The first-order valence-corrected chi connectivity index (χ1v) is 6.72. The summed E-state index contributed by atoms with van der Waals surface area (Å²) in [6.45, 7) is 4.89. The number of benzene rings is 2. The molecule has 0 saturated carbocycles. The van der Waals surface area contributed by atoms with Crippen molar-refractivity contribution in [3.63, 3.8) is 0 Å². The van der Waals surface area contributed by atoms with Gasteiger partial charge in [-0.1, -0.05) is 17.7 Å². The Bertz CT molecular complexity index is 617. The van der Waals surface area contributed by atoms with E-state index >= 15 is 0 Å². The van der Waals surface area contributed by atoms with E-state index in [2.05, 4.69) is 6.07 Å². The Morgan fingerprint density at radius 2 is 1.67 bits per heavy atom. The zero-order valence-electron chi connectivity index (χ0n) is 12.1. The van der Waals surface area contributed by atoms with E-state index in [1.807, 2.05) is 26.0 Å². The fourth-order valence-corrected chi connectivity index (χ4v) is 1.97. The molecule has 110 valence electrons. The van der Waals surface area contributed by atoms with Crippen molar-refractivity contribution in [3.05, 3.63) is 59.2 Å². The van der Waals surface area contributed by atoms with Crippen molar-refractivity contribution in [2.75, 3.05) is 13.2 Å². The molecule has 21 heavy (non-hydrogen) atoms. The summed E-state index contributed by atoms with van der Waals surface area (Å²) in [4.78, 5) is 10.7. The third-order valence-corrected chi connectivity index (χ3v) is 3.04. The lowest BCUT2D eigenvalue weighted by atomic mass is 10.1. The minimum atomic E-state index is -0.945. The Labute approximate surface area is 123 Å². The molecule has 0 aliphatic carbocycles. The molecule has 2 rings (SSSR count). The summed E-state index contributed by atoms with van der Waals surface area (Å²) in [7, 11) is 0. The third kappa shape index (κ3) is 4.24. The molecule has 0 radical (unpaired) electrons. The second-order valence-electron chi connectivity index (χ2n) is 4.80. The molecule has 0 bridgehead atoms. The van der Waals surface area contributed by atoms with E-state index < -0.39 is 5.97 Å². The molecule has 0 aromatic heterocycles. The topological polar surface area (TPSA) is 55.8 Å². The fraction of sp³-hybridized carbons (Fsp3) is 0.235. The lowest BCUT2D eigenvalue weighted by Gasteiger charge is -2.11. The van der Waals surface area contributed by atoms with Gasteiger partial charge in [0.1, 0.15) is 24.7 Å².